The number of fused-ring (bicyclic) bond motifs is 1. The highest BCUT2D eigenvalue weighted by molar-refractivity contribution is 5.90. The minimum atomic E-state index is -0.317. The lowest BCUT2D eigenvalue weighted by Gasteiger charge is -2.33. The van der Waals surface area contributed by atoms with E-state index in [0.717, 1.165) is 11.4 Å². The Balaban J connectivity index is 2.18. The first-order chi connectivity index (χ1) is 13.6. The lowest BCUT2D eigenvalue weighted by Crippen LogP contribution is -2.27. The van der Waals surface area contributed by atoms with Gasteiger partial charge in [-0.3, -0.25) is 0 Å². The Morgan fingerprint density at radius 2 is 1.76 bits per heavy atom. The Kier molecular flexibility index (Phi) is 5.66. The fraction of sp³-hybridized carbons (Fsp3) is 0.480. The number of carbonyl (C=O) groups is 1. The van der Waals surface area contributed by atoms with Gasteiger partial charge in [-0.15, -0.1) is 0 Å². The van der Waals surface area contributed by atoms with Crippen LogP contribution in [0, 0.1) is 6.92 Å². The predicted octanol–water partition coefficient (Wildman–Crippen LogP) is 6.12. The van der Waals surface area contributed by atoms with Crippen LogP contribution >= 0.6 is 0 Å². The third kappa shape index (κ3) is 3.73. The smallest absolute Gasteiger partial charge is 0.337 e. The second kappa shape index (κ2) is 7.74. The van der Waals surface area contributed by atoms with E-state index in [4.69, 9.17) is 9.47 Å². The number of ether oxygens (including phenoxy) is 2. The van der Waals surface area contributed by atoms with E-state index < -0.39 is 0 Å². The van der Waals surface area contributed by atoms with Crippen LogP contribution in [-0.2, 0) is 10.2 Å². The van der Waals surface area contributed by atoms with Crippen LogP contribution in [0.5, 0.6) is 5.75 Å². The topological polar surface area (TPSA) is 38.8 Å². The SMILES string of the molecule is COC(=O)c1ccc(N(c2cc3c(c(C(C)C)c2C)OCC3(C)C)C(C)C)cc1. The molecule has 0 radical (unpaired) electrons. The summed E-state index contributed by atoms with van der Waals surface area (Å²) in [6, 6.07) is 10.2. The fourth-order valence-electron chi connectivity index (χ4n) is 4.29. The molecule has 0 fully saturated rings. The quantitative estimate of drug-likeness (QED) is 0.572. The van der Waals surface area contributed by atoms with Crippen molar-refractivity contribution in [3.8, 4) is 5.75 Å². The van der Waals surface area contributed by atoms with Gasteiger partial charge in [0.2, 0.25) is 0 Å². The maximum Gasteiger partial charge on any atom is 0.337 e. The number of methoxy groups -OCH3 is 1. The molecule has 1 aliphatic rings. The Hall–Kier alpha value is -2.49. The highest BCUT2D eigenvalue weighted by Crippen LogP contribution is 2.48. The molecule has 29 heavy (non-hydrogen) atoms. The standard InChI is InChI=1S/C25H33NO3/c1-15(2)22-17(5)21(13-20-23(22)29-14-25(20,6)7)26(16(3)4)19-11-9-18(10-12-19)24(27)28-8/h9-13,15-16H,14H2,1-8H3. The van der Waals surface area contributed by atoms with Crippen LogP contribution in [0.1, 0.15) is 74.5 Å². The molecule has 0 spiro atoms. The maximum absolute atomic E-state index is 11.8. The van der Waals surface area contributed by atoms with Gasteiger partial charge in [0.25, 0.3) is 0 Å². The molecule has 0 N–H and O–H groups in total. The largest absolute Gasteiger partial charge is 0.492 e. The number of anilines is 2. The number of hydrogen-bond acceptors (Lipinski definition) is 4. The molecule has 0 atom stereocenters. The van der Waals surface area contributed by atoms with Crippen LogP contribution in [-0.4, -0.2) is 25.7 Å². The number of carbonyl (C=O) groups excluding carboxylic acids is 1. The summed E-state index contributed by atoms with van der Waals surface area (Å²) in [7, 11) is 1.40. The summed E-state index contributed by atoms with van der Waals surface area (Å²) in [6.45, 7) is 16.2. The molecule has 1 aliphatic heterocycles. The molecule has 0 aromatic heterocycles. The second-order valence-electron chi connectivity index (χ2n) is 9.14. The summed E-state index contributed by atoms with van der Waals surface area (Å²) in [5, 5.41) is 0. The minimum Gasteiger partial charge on any atom is -0.492 e. The first-order valence-corrected chi connectivity index (χ1v) is 10.4. The summed E-state index contributed by atoms with van der Waals surface area (Å²) in [4.78, 5) is 14.2. The van der Waals surface area contributed by atoms with Gasteiger partial charge in [0.15, 0.2) is 0 Å². The van der Waals surface area contributed by atoms with Crippen molar-refractivity contribution in [2.45, 2.75) is 65.8 Å². The number of hydrogen-bond donors (Lipinski definition) is 0. The van der Waals surface area contributed by atoms with E-state index in [1.807, 2.05) is 24.3 Å². The molecular formula is C25H33NO3. The van der Waals surface area contributed by atoms with Crippen LogP contribution < -0.4 is 9.64 Å². The molecule has 2 aromatic rings. The number of nitrogens with zero attached hydrogens (tertiary/aromatic N) is 1. The average Bonchev–Trinajstić information content (AvgIpc) is 2.96. The van der Waals surface area contributed by atoms with Crippen LogP contribution in [0.25, 0.3) is 0 Å². The zero-order valence-electron chi connectivity index (χ0n) is 18.9. The molecule has 4 heteroatoms. The first kappa shape index (κ1) is 21.2. The Morgan fingerprint density at radius 3 is 2.28 bits per heavy atom. The molecule has 0 saturated heterocycles. The molecule has 0 amide bonds. The maximum atomic E-state index is 11.8. The molecule has 0 aliphatic carbocycles. The Labute approximate surface area is 174 Å². The Bertz CT molecular complexity index is 911. The van der Waals surface area contributed by atoms with Gasteiger partial charge in [0.05, 0.1) is 19.3 Å². The number of esters is 1. The van der Waals surface area contributed by atoms with E-state index in [0.29, 0.717) is 18.1 Å². The van der Waals surface area contributed by atoms with E-state index >= 15 is 0 Å². The van der Waals surface area contributed by atoms with Crippen molar-refractivity contribution in [2.75, 3.05) is 18.6 Å². The van der Waals surface area contributed by atoms with E-state index in [1.165, 1.54) is 29.5 Å². The normalized spacial score (nSPS) is 14.7. The summed E-state index contributed by atoms with van der Waals surface area (Å²) in [6.07, 6.45) is 0. The van der Waals surface area contributed by atoms with Crippen LogP contribution in [0.4, 0.5) is 11.4 Å². The van der Waals surface area contributed by atoms with Gasteiger partial charge in [-0.1, -0.05) is 27.7 Å². The van der Waals surface area contributed by atoms with E-state index in [-0.39, 0.29) is 17.4 Å². The van der Waals surface area contributed by atoms with Gasteiger partial charge in [0.1, 0.15) is 5.75 Å². The lowest BCUT2D eigenvalue weighted by atomic mass is 9.82. The third-order valence-corrected chi connectivity index (χ3v) is 5.78. The van der Waals surface area contributed by atoms with Gasteiger partial charge in [0, 0.05) is 34.0 Å². The van der Waals surface area contributed by atoms with Crippen molar-refractivity contribution in [3.05, 3.63) is 52.6 Å². The first-order valence-electron chi connectivity index (χ1n) is 10.4. The van der Waals surface area contributed by atoms with Crippen molar-refractivity contribution in [3.63, 3.8) is 0 Å². The number of rotatable bonds is 5. The van der Waals surface area contributed by atoms with Crippen molar-refractivity contribution >= 4 is 17.3 Å². The molecule has 0 unspecified atom stereocenters. The van der Waals surface area contributed by atoms with E-state index in [1.54, 1.807) is 0 Å². The van der Waals surface area contributed by atoms with Crippen molar-refractivity contribution < 1.29 is 14.3 Å². The van der Waals surface area contributed by atoms with E-state index in [2.05, 4.69) is 59.4 Å². The summed E-state index contributed by atoms with van der Waals surface area (Å²) in [5.74, 6) is 1.12. The third-order valence-electron chi connectivity index (χ3n) is 5.78. The van der Waals surface area contributed by atoms with Gasteiger partial charge in [-0.2, -0.15) is 0 Å². The molecular weight excluding hydrogens is 362 g/mol. The van der Waals surface area contributed by atoms with Crippen molar-refractivity contribution in [1.29, 1.82) is 0 Å². The molecule has 4 nitrogen and oxygen atoms in total. The predicted molar refractivity (Wildman–Crippen MR) is 119 cm³/mol. The number of benzene rings is 2. The summed E-state index contributed by atoms with van der Waals surface area (Å²) < 4.78 is 11.0. The zero-order chi connectivity index (χ0) is 21.5. The van der Waals surface area contributed by atoms with Gasteiger partial charge in [-0.05, 0) is 62.6 Å². The van der Waals surface area contributed by atoms with Crippen LogP contribution in [0.3, 0.4) is 0 Å². The fourth-order valence-corrected chi connectivity index (χ4v) is 4.29. The van der Waals surface area contributed by atoms with E-state index in [9.17, 15) is 4.79 Å². The molecule has 0 saturated carbocycles. The van der Waals surface area contributed by atoms with Crippen LogP contribution in [0.15, 0.2) is 30.3 Å². The molecule has 156 valence electrons. The van der Waals surface area contributed by atoms with Gasteiger partial charge < -0.3 is 14.4 Å². The minimum absolute atomic E-state index is 0.0151. The lowest BCUT2D eigenvalue weighted by molar-refractivity contribution is 0.0601. The van der Waals surface area contributed by atoms with Gasteiger partial charge in [-0.25, -0.2) is 4.79 Å². The second-order valence-corrected chi connectivity index (χ2v) is 9.14. The van der Waals surface area contributed by atoms with Crippen molar-refractivity contribution in [2.24, 2.45) is 0 Å². The summed E-state index contributed by atoms with van der Waals surface area (Å²) in [5.41, 5.74) is 6.62. The average molecular weight is 396 g/mol. The van der Waals surface area contributed by atoms with Gasteiger partial charge >= 0.3 is 5.97 Å². The van der Waals surface area contributed by atoms with Crippen molar-refractivity contribution in [1.82, 2.24) is 0 Å². The highest BCUT2D eigenvalue weighted by Gasteiger charge is 2.36. The monoisotopic (exact) mass is 395 g/mol. The highest BCUT2D eigenvalue weighted by atomic mass is 16.5. The molecule has 2 aromatic carbocycles. The summed E-state index contributed by atoms with van der Waals surface area (Å²) >= 11 is 0. The van der Waals surface area contributed by atoms with Crippen LogP contribution in [0.2, 0.25) is 0 Å². The molecule has 3 rings (SSSR count). The molecule has 0 bridgehead atoms. The Morgan fingerprint density at radius 1 is 1.14 bits per heavy atom. The molecule has 1 heterocycles. The zero-order valence-corrected chi connectivity index (χ0v) is 18.9.